The number of aliphatic hydroxyl groups is 2. The van der Waals surface area contributed by atoms with Crippen LogP contribution in [-0.2, 0) is 55.8 Å². The van der Waals surface area contributed by atoms with Crippen LogP contribution in [0.4, 0.5) is 0 Å². The van der Waals surface area contributed by atoms with E-state index in [1.54, 1.807) is 0 Å². The predicted molar refractivity (Wildman–Crippen MR) is 200 cm³/mol. The number of hydrogen-bond acceptors (Lipinski definition) is 17. The Morgan fingerprint density at radius 2 is 1.53 bits per heavy atom. The third-order valence-electron chi connectivity index (χ3n) is 8.77. The lowest BCUT2D eigenvalue weighted by Crippen LogP contribution is -2.50. The lowest BCUT2D eigenvalue weighted by atomic mass is 10.0. The smallest absolute Gasteiger partial charge is 0.481 e. The maximum absolute atomic E-state index is 12.7. The largest absolute Gasteiger partial charge is 0.481 e. The van der Waals surface area contributed by atoms with E-state index in [4.69, 9.17) is 15.6 Å². The average Bonchev–Trinajstić information content (AvgIpc) is 3.41. The van der Waals surface area contributed by atoms with Gasteiger partial charge in [0.15, 0.2) is 6.23 Å². The van der Waals surface area contributed by atoms with Crippen LogP contribution in [0.5, 0.6) is 0 Å². The van der Waals surface area contributed by atoms with Crippen molar-refractivity contribution < 1.29 is 96.0 Å². The summed E-state index contributed by atoms with van der Waals surface area (Å²) in [7, 11) is -14.9. The van der Waals surface area contributed by atoms with Crippen LogP contribution in [0.2, 0.25) is 0 Å². The van der Waals surface area contributed by atoms with Gasteiger partial charge in [-0.1, -0.05) is 12.8 Å². The van der Waals surface area contributed by atoms with Gasteiger partial charge in [0, 0.05) is 31.0 Å². The van der Waals surface area contributed by atoms with Crippen molar-refractivity contribution in [2.45, 2.75) is 101 Å². The van der Waals surface area contributed by atoms with E-state index >= 15 is 0 Å². The number of nitrogens with two attached hydrogens (primary N) is 1. The van der Waals surface area contributed by atoms with E-state index in [-0.39, 0.29) is 44.9 Å². The van der Waals surface area contributed by atoms with Crippen LogP contribution < -0.4 is 27.6 Å². The number of carbonyl (C=O) groups is 5. The van der Waals surface area contributed by atoms with E-state index in [2.05, 4.69) is 24.0 Å². The number of amides is 2. The van der Waals surface area contributed by atoms with Gasteiger partial charge in [0.25, 0.3) is 5.56 Å². The molecule has 4 unspecified atom stereocenters. The summed E-state index contributed by atoms with van der Waals surface area (Å²) in [6.07, 6.45) is -7.72. The molecule has 0 aromatic carbocycles. The lowest BCUT2D eigenvalue weighted by Gasteiger charge is -2.21. The van der Waals surface area contributed by atoms with Gasteiger partial charge in [0.05, 0.1) is 19.1 Å². The molecule has 27 nitrogen and oxygen atoms in total. The molecule has 30 heteroatoms. The van der Waals surface area contributed by atoms with Gasteiger partial charge in [-0.25, -0.2) is 18.7 Å². The van der Waals surface area contributed by atoms with Crippen LogP contribution in [0, 0.1) is 5.92 Å². The Labute approximate surface area is 339 Å². The Morgan fingerprint density at radius 1 is 0.883 bits per heavy atom. The zero-order valence-corrected chi connectivity index (χ0v) is 34.6. The quantitative estimate of drug-likeness (QED) is 0.0319. The molecule has 1 aliphatic heterocycles. The number of carbonyl (C=O) groups excluding carboxylic acids is 2. The minimum atomic E-state index is -5.37. The first-order valence-corrected chi connectivity index (χ1v) is 23.1. The number of aliphatic hydroxyl groups excluding tert-OH is 2. The van der Waals surface area contributed by atoms with E-state index in [0.717, 1.165) is 16.8 Å². The molecule has 0 bridgehead atoms. The zero-order chi connectivity index (χ0) is 45.6. The number of carboxylic acids is 3. The maximum Gasteiger partial charge on any atom is 0.481 e. The fourth-order valence-corrected chi connectivity index (χ4v) is 9.50. The molecule has 11 atom stereocenters. The molecule has 0 spiro atoms. The number of H-pyrrole nitrogens is 1. The molecule has 2 rings (SSSR count). The summed E-state index contributed by atoms with van der Waals surface area (Å²) in [5.41, 5.74) is 3.63. The normalized spacial score (nSPS) is 22.9. The number of rotatable bonds is 28. The van der Waals surface area contributed by atoms with Crippen molar-refractivity contribution in [1.82, 2.24) is 20.2 Å². The SMILES string of the molecule is C[C@H](NC(=O)CCCCCOP(=O)(O)OP(=O)(O)OC[C@H]1O[C@@H](n2ccc(=O)[nH]c2=O)[C@H](O)[C@@H]1O)C(=O)N[C@H](CCP(=O)(O)CC(CCC[C@@H](N)C(=O)O)C(=O)O)C(=O)O. The molecular weight excluding hydrogens is 875 g/mol. The Bertz CT molecular complexity index is 1930. The number of aromatic nitrogens is 2. The second kappa shape index (κ2) is 23.5. The Hall–Kier alpha value is -3.68. The molecule has 13 N–H and O–H groups in total. The number of phosphoric acid groups is 2. The summed E-state index contributed by atoms with van der Waals surface area (Å²) in [4.78, 5) is 115. The van der Waals surface area contributed by atoms with Gasteiger partial charge in [0.1, 0.15) is 36.4 Å². The molecule has 0 saturated carbocycles. The highest BCUT2D eigenvalue weighted by Crippen LogP contribution is 2.60. The number of nitrogens with one attached hydrogen (secondary N) is 3. The van der Waals surface area contributed by atoms with Crippen molar-refractivity contribution >= 4 is 52.7 Å². The van der Waals surface area contributed by atoms with Crippen molar-refractivity contribution in [3.05, 3.63) is 33.1 Å². The Kier molecular flexibility index (Phi) is 20.6. The molecule has 1 aliphatic rings. The average molecular weight is 926 g/mol. The first-order chi connectivity index (χ1) is 27.7. The van der Waals surface area contributed by atoms with Crippen LogP contribution in [-0.4, -0.2) is 141 Å². The molecule has 1 aromatic rings. The van der Waals surface area contributed by atoms with Crippen molar-refractivity contribution in [2.75, 3.05) is 25.5 Å². The van der Waals surface area contributed by atoms with Gasteiger partial charge in [-0.15, -0.1) is 0 Å². The highest BCUT2D eigenvalue weighted by atomic mass is 31.3. The molecule has 0 aliphatic carbocycles. The van der Waals surface area contributed by atoms with Crippen molar-refractivity contribution in [3.63, 3.8) is 0 Å². The van der Waals surface area contributed by atoms with Gasteiger partial charge in [-0.2, -0.15) is 4.31 Å². The second-order valence-electron chi connectivity index (χ2n) is 13.7. The number of hydrogen-bond donors (Lipinski definition) is 12. The zero-order valence-electron chi connectivity index (χ0n) is 31.9. The van der Waals surface area contributed by atoms with Gasteiger partial charge in [-0.3, -0.25) is 47.1 Å². The second-order valence-corrected chi connectivity index (χ2v) is 19.2. The van der Waals surface area contributed by atoms with Gasteiger partial charge < -0.3 is 61.3 Å². The topological polar surface area (TPSA) is 440 Å². The fourth-order valence-electron chi connectivity index (χ4n) is 5.51. The van der Waals surface area contributed by atoms with Crippen molar-refractivity contribution in [2.24, 2.45) is 11.7 Å². The van der Waals surface area contributed by atoms with Gasteiger partial charge >= 0.3 is 39.2 Å². The molecule has 1 fully saturated rings. The van der Waals surface area contributed by atoms with E-state index in [9.17, 15) is 82.4 Å². The highest BCUT2D eigenvalue weighted by Gasteiger charge is 2.46. The number of phosphoric ester groups is 2. The lowest BCUT2D eigenvalue weighted by molar-refractivity contribution is -0.142. The van der Waals surface area contributed by atoms with E-state index in [1.807, 2.05) is 4.98 Å². The number of carboxylic acid groups (broad SMARTS) is 3. The summed E-state index contributed by atoms with van der Waals surface area (Å²) in [6.45, 7) is -0.270. The Balaban J connectivity index is 1.72. The minimum Gasteiger partial charge on any atom is -0.481 e. The molecule has 60 heavy (non-hydrogen) atoms. The summed E-state index contributed by atoms with van der Waals surface area (Å²) >= 11 is 0. The summed E-state index contributed by atoms with van der Waals surface area (Å²) in [5, 5.41) is 52.8. The minimum absolute atomic E-state index is 0.0143. The van der Waals surface area contributed by atoms with Crippen LogP contribution in [0.3, 0.4) is 0 Å². The van der Waals surface area contributed by atoms with Gasteiger partial charge in [-0.05, 0) is 39.0 Å². The number of ether oxygens (including phenoxy) is 1. The first kappa shape index (κ1) is 52.5. The third kappa shape index (κ3) is 18.1. The maximum atomic E-state index is 12.7. The van der Waals surface area contributed by atoms with Crippen molar-refractivity contribution in [1.29, 1.82) is 0 Å². The van der Waals surface area contributed by atoms with E-state index < -0.39 is 145 Å². The number of unbranched alkanes of at least 4 members (excludes halogenated alkanes) is 2. The number of nitrogens with zero attached hydrogens (tertiary/aromatic N) is 1. The van der Waals surface area contributed by atoms with E-state index in [0.29, 0.717) is 0 Å². The molecular formula is C30H50N5O22P3. The van der Waals surface area contributed by atoms with Gasteiger partial charge in [0.2, 0.25) is 19.2 Å². The van der Waals surface area contributed by atoms with Crippen LogP contribution in [0.15, 0.2) is 21.9 Å². The third-order valence-corrected chi connectivity index (χ3v) is 13.4. The predicted octanol–water partition coefficient (Wildman–Crippen LogP) is -2.02. The molecule has 2 heterocycles. The summed E-state index contributed by atoms with van der Waals surface area (Å²) < 4.78 is 56.7. The first-order valence-electron chi connectivity index (χ1n) is 18.1. The van der Waals surface area contributed by atoms with Crippen LogP contribution >= 0.6 is 23.0 Å². The Morgan fingerprint density at radius 3 is 2.13 bits per heavy atom. The monoisotopic (exact) mass is 925 g/mol. The number of aromatic amines is 1. The highest BCUT2D eigenvalue weighted by molar-refractivity contribution is 7.61. The van der Waals surface area contributed by atoms with Crippen LogP contribution in [0.1, 0.15) is 64.5 Å². The molecule has 0 radical (unpaired) electrons. The number of aliphatic carboxylic acids is 3. The fraction of sp³-hybridized carbons (Fsp3) is 0.700. The molecule has 1 saturated heterocycles. The summed E-state index contributed by atoms with van der Waals surface area (Å²) in [5.74, 6) is -7.26. The standard InChI is InChI=1S/C30H50N5O22P3/c1-16(25(40)33-19(29(45)46)10-13-58(48,49)15-17(27(41)42)6-5-7-18(31)28(43)44)32-21(36)8-3-2-4-12-54-59(50,51)57-60(52,53)55-14-20-23(38)24(39)26(56-20)35-11-9-22(37)34-30(35)47/h9,11,16-20,23-24,26,38-39H,2-8,10,12-15,31H2,1H3,(H,32,36)(H,33,40)(H,41,42)(H,43,44)(H,45,46)(H,48,49)(H,50,51)(H,52,53)(H,34,37,47)/t16-,17?,18+,19+,20+,23+,24+,26+/m0/s1. The van der Waals surface area contributed by atoms with Crippen molar-refractivity contribution in [3.8, 4) is 0 Å². The molecule has 2 amide bonds. The summed E-state index contributed by atoms with van der Waals surface area (Å²) in [6, 6.07) is -3.28. The molecule has 1 aromatic heterocycles. The van der Waals surface area contributed by atoms with Crippen LogP contribution in [0.25, 0.3) is 0 Å². The van der Waals surface area contributed by atoms with E-state index in [1.165, 1.54) is 6.92 Å². The molecule has 342 valence electrons.